The topological polar surface area (TPSA) is 64.6 Å². The van der Waals surface area contributed by atoms with Crippen molar-refractivity contribution in [2.45, 2.75) is 20.0 Å². The number of hydrogen-bond acceptors (Lipinski definition) is 4. The number of carbonyl (C=O) groups is 2. The molecule has 1 atom stereocenters. The van der Waals surface area contributed by atoms with E-state index in [0.29, 0.717) is 11.4 Å². The Morgan fingerprint density at radius 2 is 1.79 bits per heavy atom. The summed E-state index contributed by atoms with van der Waals surface area (Å²) in [5.41, 5.74) is 1.55. The van der Waals surface area contributed by atoms with Gasteiger partial charge in [-0.15, -0.1) is 0 Å². The molecule has 0 spiro atoms. The predicted octanol–water partition coefficient (Wildman–Crippen LogP) is 3.71. The number of esters is 1. The first-order chi connectivity index (χ1) is 11.5. The molecule has 0 aliphatic heterocycles. The number of amides is 1. The minimum absolute atomic E-state index is 0.249. The zero-order valence-corrected chi connectivity index (χ0v) is 15.0. The molecule has 126 valence electrons. The van der Waals surface area contributed by atoms with Crippen molar-refractivity contribution in [2.75, 3.05) is 11.9 Å². The average Bonchev–Trinajstić information content (AvgIpc) is 2.56. The maximum atomic E-state index is 12.0. The fourth-order valence-corrected chi connectivity index (χ4v) is 2.18. The van der Waals surface area contributed by atoms with Gasteiger partial charge in [0.2, 0.25) is 0 Å². The molecule has 0 unspecified atom stereocenters. The third-order valence-electron chi connectivity index (χ3n) is 3.23. The summed E-state index contributed by atoms with van der Waals surface area (Å²) in [6.07, 6.45) is -0.915. The van der Waals surface area contributed by atoms with Crippen LogP contribution in [-0.4, -0.2) is 24.6 Å². The molecule has 0 fully saturated rings. The van der Waals surface area contributed by atoms with Gasteiger partial charge in [-0.1, -0.05) is 34.1 Å². The highest BCUT2D eigenvalue weighted by Gasteiger charge is 2.18. The lowest BCUT2D eigenvalue weighted by Crippen LogP contribution is -2.31. The lowest BCUT2D eigenvalue weighted by Gasteiger charge is -2.14. The van der Waals surface area contributed by atoms with Crippen LogP contribution in [0.1, 0.15) is 12.5 Å². The van der Waals surface area contributed by atoms with Gasteiger partial charge in [-0.25, -0.2) is 4.79 Å². The van der Waals surface area contributed by atoms with Gasteiger partial charge in [-0.05, 0) is 49.7 Å². The van der Waals surface area contributed by atoms with Crippen LogP contribution in [-0.2, 0) is 14.3 Å². The van der Waals surface area contributed by atoms with Gasteiger partial charge in [-0.3, -0.25) is 4.79 Å². The van der Waals surface area contributed by atoms with Crippen LogP contribution in [0.3, 0.4) is 0 Å². The van der Waals surface area contributed by atoms with Gasteiger partial charge < -0.3 is 14.8 Å². The highest BCUT2D eigenvalue weighted by Crippen LogP contribution is 2.16. The largest absolute Gasteiger partial charge is 0.482 e. The minimum Gasteiger partial charge on any atom is -0.482 e. The van der Waals surface area contributed by atoms with Crippen LogP contribution in [0.25, 0.3) is 0 Å². The van der Waals surface area contributed by atoms with Gasteiger partial charge in [0, 0.05) is 10.2 Å². The molecule has 2 aromatic rings. The summed E-state index contributed by atoms with van der Waals surface area (Å²) in [6.45, 7) is 3.15. The molecular formula is C18H18BrNO4. The van der Waals surface area contributed by atoms with Crippen LogP contribution in [0.5, 0.6) is 5.75 Å². The van der Waals surface area contributed by atoms with Crippen molar-refractivity contribution < 1.29 is 19.1 Å². The number of para-hydroxylation sites is 1. The second kappa shape index (κ2) is 8.49. The van der Waals surface area contributed by atoms with Crippen molar-refractivity contribution in [1.29, 1.82) is 0 Å². The van der Waals surface area contributed by atoms with Crippen molar-refractivity contribution in [2.24, 2.45) is 0 Å². The zero-order chi connectivity index (χ0) is 17.5. The number of carbonyl (C=O) groups excluding carboxylic acids is 2. The Bertz CT molecular complexity index is 715. The quantitative estimate of drug-likeness (QED) is 0.762. The predicted molar refractivity (Wildman–Crippen MR) is 95.0 cm³/mol. The Balaban J connectivity index is 1.81. The van der Waals surface area contributed by atoms with Crippen molar-refractivity contribution in [3.63, 3.8) is 0 Å². The van der Waals surface area contributed by atoms with E-state index in [-0.39, 0.29) is 6.61 Å². The number of ether oxygens (including phenoxy) is 2. The number of aryl methyl sites for hydroxylation is 1. The maximum absolute atomic E-state index is 12.0. The van der Waals surface area contributed by atoms with Crippen LogP contribution in [0.4, 0.5) is 5.69 Å². The highest BCUT2D eigenvalue weighted by atomic mass is 79.9. The summed E-state index contributed by atoms with van der Waals surface area (Å²) in [5, 5.41) is 2.68. The van der Waals surface area contributed by atoms with Gasteiger partial charge in [0.15, 0.2) is 12.7 Å². The number of rotatable bonds is 6. The lowest BCUT2D eigenvalue weighted by molar-refractivity contribution is -0.155. The number of benzene rings is 2. The van der Waals surface area contributed by atoms with Crippen molar-refractivity contribution in [3.8, 4) is 5.75 Å². The van der Waals surface area contributed by atoms with E-state index in [1.165, 1.54) is 6.92 Å². The first kappa shape index (κ1) is 18.0. The van der Waals surface area contributed by atoms with E-state index < -0.39 is 18.0 Å². The molecule has 5 nitrogen and oxygen atoms in total. The molecule has 0 bridgehead atoms. The number of nitrogens with one attached hydrogen (secondary N) is 1. The van der Waals surface area contributed by atoms with E-state index in [1.807, 2.05) is 37.3 Å². The van der Waals surface area contributed by atoms with Gasteiger partial charge in [-0.2, -0.15) is 0 Å². The molecule has 0 aliphatic rings. The molecule has 2 aromatic carbocycles. The normalized spacial score (nSPS) is 11.5. The Hall–Kier alpha value is -2.34. The fraction of sp³-hybridized carbons (Fsp3) is 0.222. The average molecular weight is 392 g/mol. The molecule has 1 N–H and O–H groups in total. The number of hydrogen-bond donors (Lipinski definition) is 1. The van der Waals surface area contributed by atoms with Gasteiger partial charge in [0.05, 0.1) is 0 Å². The van der Waals surface area contributed by atoms with E-state index >= 15 is 0 Å². The van der Waals surface area contributed by atoms with Gasteiger partial charge in [0.1, 0.15) is 5.75 Å². The summed E-state index contributed by atoms with van der Waals surface area (Å²) in [5.74, 6) is -0.389. The molecular weight excluding hydrogens is 374 g/mol. The third-order valence-corrected chi connectivity index (χ3v) is 3.76. The van der Waals surface area contributed by atoms with Crippen LogP contribution < -0.4 is 10.1 Å². The van der Waals surface area contributed by atoms with Crippen LogP contribution in [0.15, 0.2) is 53.0 Å². The number of anilines is 1. The smallest absolute Gasteiger partial charge is 0.344 e. The molecule has 6 heteroatoms. The van der Waals surface area contributed by atoms with E-state index in [2.05, 4.69) is 21.2 Å². The molecule has 0 saturated heterocycles. The lowest BCUT2D eigenvalue weighted by atomic mass is 10.2. The Labute approximate surface area is 149 Å². The van der Waals surface area contributed by atoms with E-state index in [4.69, 9.17) is 9.47 Å². The summed E-state index contributed by atoms with van der Waals surface area (Å²) < 4.78 is 11.4. The zero-order valence-electron chi connectivity index (χ0n) is 13.4. The molecule has 0 radical (unpaired) electrons. The van der Waals surface area contributed by atoms with E-state index in [1.54, 1.807) is 18.2 Å². The summed E-state index contributed by atoms with van der Waals surface area (Å²) >= 11 is 3.32. The first-order valence-corrected chi connectivity index (χ1v) is 8.19. The van der Waals surface area contributed by atoms with Gasteiger partial charge >= 0.3 is 5.97 Å². The molecule has 0 heterocycles. The van der Waals surface area contributed by atoms with Gasteiger partial charge in [0.25, 0.3) is 5.91 Å². The Morgan fingerprint density at radius 1 is 1.12 bits per heavy atom. The highest BCUT2D eigenvalue weighted by molar-refractivity contribution is 9.10. The van der Waals surface area contributed by atoms with Crippen LogP contribution in [0, 0.1) is 6.92 Å². The van der Waals surface area contributed by atoms with Crippen LogP contribution >= 0.6 is 15.9 Å². The molecule has 1 amide bonds. The first-order valence-electron chi connectivity index (χ1n) is 7.40. The maximum Gasteiger partial charge on any atom is 0.344 e. The van der Waals surface area contributed by atoms with Crippen molar-refractivity contribution in [1.82, 2.24) is 0 Å². The summed E-state index contributed by atoms with van der Waals surface area (Å²) in [4.78, 5) is 23.8. The Kier molecular flexibility index (Phi) is 6.37. The third kappa shape index (κ3) is 5.38. The molecule has 2 rings (SSSR count). The summed E-state index contributed by atoms with van der Waals surface area (Å²) in [7, 11) is 0. The Morgan fingerprint density at radius 3 is 2.46 bits per heavy atom. The second-order valence-corrected chi connectivity index (χ2v) is 6.10. The van der Waals surface area contributed by atoms with E-state index in [9.17, 15) is 9.59 Å². The van der Waals surface area contributed by atoms with E-state index in [0.717, 1.165) is 10.0 Å². The SMILES string of the molecule is Cc1ccccc1OCC(=O)O[C@@H](C)C(=O)Nc1ccc(Br)cc1. The standard InChI is InChI=1S/C18H18BrNO4/c1-12-5-3-4-6-16(12)23-11-17(21)24-13(2)18(22)20-15-9-7-14(19)8-10-15/h3-10,13H,11H2,1-2H3,(H,20,22)/t13-/m0/s1. The summed E-state index contributed by atoms with van der Waals surface area (Å²) in [6, 6.07) is 14.5. The monoisotopic (exact) mass is 391 g/mol. The van der Waals surface area contributed by atoms with Crippen molar-refractivity contribution in [3.05, 3.63) is 58.6 Å². The second-order valence-electron chi connectivity index (χ2n) is 5.18. The minimum atomic E-state index is -0.915. The fourth-order valence-electron chi connectivity index (χ4n) is 1.92. The molecule has 24 heavy (non-hydrogen) atoms. The molecule has 0 aromatic heterocycles. The number of halogens is 1. The molecule has 0 aliphatic carbocycles. The van der Waals surface area contributed by atoms with Crippen molar-refractivity contribution >= 4 is 33.5 Å². The molecule has 0 saturated carbocycles. The van der Waals surface area contributed by atoms with Crippen LogP contribution in [0.2, 0.25) is 0 Å².